The predicted octanol–water partition coefficient (Wildman–Crippen LogP) is -2.41. The number of nitrogens with two attached hydrogens (primary N) is 4. The minimum atomic E-state index is -1.81. The minimum absolute atomic E-state index is 0.0391. The molecule has 2 aromatic heterocycles. The summed E-state index contributed by atoms with van der Waals surface area (Å²) >= 11 is 0.712. The number of carbonyl (C=O) groups excluding carboxylic acids is 17. The van der Waals surface area contributed by atoms with Crippen LogP contribution in [0.3, 0.4) is 0 Å². The number of primary amides is 1. The molecule has 17 amide bonds. The summed E-state index contributed by atoms with van der Waals surface area (Å²) in [6.45, 7) is 9.45. The number of hydrogen-bond acceptors (Lipinski definition) is 25. The number of unbranched alkanes of at least 4 members (excludes halogenated alkanes) is 2. The fourth-order valence-corrected chi connectivity index (χ4v) is 18.7. The second-order valence-electron chi connectivity index (χ2n) is 37.6. The van der Waals surface area contributed by atoms with Crippen molar-refractivity contribution in [2.75, 3.05) is 65.4 Å². The van der Waals surface area contributed by atoms with Crippen LogP contribution in [0.5, 0.6) is 5.75 Å². The number of aromatic hydroxyl groups is 1. The number of benzene rings is 3. The Morgan fingerprint density at radius 2 is 1.12 bits per heavy atom. The van der Waals surface area contributed by atoms with Crippen molar-refractivity contribution in [1.82, 2.24) is 92.5 Å². The molecular formula is C98H140N22O23S. The summed E-state index contributed by atoms with van der Waals surface area (Å²) in [6.07, 6.45) is 5.00. The number of H-pyrrole nitrogens is 1. The third kappa shape index (κ3) is 32.1. The van der Waals surface area contributed by atoms with Crippen molar-refractivity contribution in [2.45, 2.75) is 273 Å². The van der Waals surface area contributed by atoms with E-state index >= 15 is 38.4 Å². The number of aliphatic carboxylic acids is 2. The van der Waals surface area contributed by atoms with Gasteiger partial charge < -0.3 is 136 Å². The molecule has 3 aliphatic rings. The largest absolute Gasteiger partial charge is 0.508 e. The Morgan fingerprint density at radius 1 is 0.562 bits per heavy atom. The number of phenolic OH excluding ortho intramolecular Hbond substituents is 1. The topological polar surface area (TPSA) is 679 Å². The van der Waals surface area contributed by atoms with E-state index in [1.807, 2.05) is 13.8 Å². The number of likely N-dealkylation sites (N-methyl/N-ethyl adjacent to an activating group) is 3. The van der Waals surface area contributed by atoms with E-state index in [4.69, 9.17) is 29.4 Å². The molecule has 144 heavy (non-hydrogen) atoms. The molecule has 0 unspecified atom stereocenters. The second kappa shape index (κ2) is 55.2. The SMILES string of the molecule is C#CC[C@H](NC(=O)[C@H](CCN)NC(=O)[C@@H]1CSCC(=O)N[C@@H](Cc2ccc(O)cc2)C(=O)N(C)[C@@H](C)C(=O)N[C@@H](CC(N)=O)C(=O)N2CCC[C@H]2C(=O)N[C@@H](CN)C(=O)N[C@@H](CC(C)C)C(=O)N2C[C@H](O)C[C@H]2C(=O)N[C@@H](Cc2c[nH]c3ccccc23)C(=O)N[C@@H](CCN)C(=O)N[C@@H](Cc2cn(CC(=O)O)c3ccccc23)C(=O)N(C)[C@@H](CCCC)C(=O)N(C)[C@@H](CCCC)C(=O)N[C@@H](CC(C)C)C(=O)N1)C(=O)O. The number of para-hydroxylation sites is 2. The maximum absolute atomic E-state index is 16.1. The zero-order valence-electron chi connectivity index (χ0n) is 83.0. The maximum atomic E-state index is 16.1. The van der Waals surface area contributed by atoms with Crippen LogP contribution < -0.4 is 81.4 Å². The van der Waals surface area contributed by atoms with Gasteiger partial charge in [-0.25, -0.2) is 4.79 Å². The highest BCUT2D eigenvalue weighted by Crippen LogP contribution is 2.29. The Balaban J connectivity index is 1.23. The van der Waals surface area contributed by atoms with Gasteiger partial charge in [0, 0.05) is 113 Å². The molecule has 17 atom stereocenters. The van der Waals surface area contributed by atoms with Crippen LogP contribution in [-0.4, -0.2) is 335 Å². The minimum Gasteiger partial charge on any atom is -0.508 e. The van der Waals surface area contributed by atoms with Gasteiger partial charge in [-0.05, 0) is 124 Å². The zero-order chi connectivity index (χ0) is 106. The molecule has 0 radical (unpaired) electrons. The number of hydrogen-bond donors (Lipinski definition) is 20. The van der Waals surface area contributed by atoms with Gasteiger partial charge in [-0.3, -0.25) is 86.3 Å². The normalized spacial score (nSPS) is 24.4. The Bertz CT molecular complexity index is 5450. The molecule has 24 N–H and O–H groups in total. The smallest absolute Gasteiger partial charge is 0.327 e. The van der Waals surface area contributed by atoms with Crippen LogP contribution in [0, 0.1) is 24.2 Å². The van der Waals surface area contributed by atoms with Crippen LogP contribution in [0.1, 0.15) is 161 Å². The number of aromatic nitrogens is 2. The van der Waals surface area contributed by atoms with E-state index in [1.165, 1.54) is 63.1 Å². The van der Waals surface area contributed by atoms with Crippen LogP contribution in [0.15, 0.2) is 85.2 Å². The quantitative estimate of drug-likeness (QED) is 0.0205. The molecule has 0 bridgehead atoms. The molecular weight excluding hydrogens is 1890 g/mol. The number of aromatic amines is 1. The molecule has 0 aliphatic carbocycles. The Morgan fingerprint density at radius 3 is 1.75 bits per heavy atom. The lowest BCUT2D eigenvalue weighted by Gasteiger charge is -2.36. The standard InChI is InChI=1S/C98H140N22O23S/c1-12-15-26-76-90(134)108-67(39-53(4)5)86(130)114-74(89(133)106-64(34-36-99)84(128)107-66(22-14-3)98(142)143)51-144-52-81(124)104-70(41-56-30-32-59(121)33-31-56)93(137)115(9)55(8)83(127)110-72(45-80(102)123)95(139)119-38-21-29-77(119)91(135)113-73(46-101)88(132)111-69(40-54(6)7)96(140)120-49-60(122)44-79(120)92(136)109-68(42-57-47-103-63-25-19-17-23-61(57)63)87(131)105-65(35-37-100)85(129)112-71(94(138)117(11)78(27-16-13-2)97(141)116(76)10)43-58-48-118(50-82(125)126)75-28-20-18-24-62(58)75/h3,17-20,23-25,28,30-33,47-48,53-55,60,64-74,76-79,103,121-122H,12-13,15-16,21-22,26-27,29,34-46,49-52,99-101H2,1-2,4-11H3,(H2,102,123)(H,104,124)(H,105,131)(H,106,133)(H,107,128)(H,108,134)(H,109,136)(H,110,127)(H,111,132)(H,112,129)(H,113,135)(H,114,130)(H,125,126)(H,142,143)/t55-,60+,64-,65-,66-,67-,68-,69-,70-,71-,72-,73-,74-,76-,77-,78-,79-/m0/s1. The van der Waals surface area contributed by atoms with Gasteiger partial charge in [-0.15, -0.1) is 24.1 Å². The summed E-state index contributed by atoms with van der Waals surface area (Å²) in [6, 6.07) is -6.30. The average Bonchev–Trinajstić information content (AvgIpc) is 1.63. The number of terminal acetylenes is 1. The Hall–Kier alpha value is -13.8. The van der Waals surface area contributed by atoms with Crippen LogP contribution >= 0.6 is 11.8 Å². The molecule has 5 heterocycles. The average molecular weight is 2030 g/mol. The fraction of sp³-hybridized carbons (Fsp3) is 0.561. The lowest BCUT2D eigenvalue weighted by molar-refractivity contribution is -0.149. The van der Waals surface area contributed by atoms with Gasteiger partial charge in [0.15, 0.2) is 0 Å². The van der Waals surface area contributed by atoms with Crippen LogP contribution in [0.2, 0.25) is 0 Å². The molecule has 3 aromatic carbocycles. The third-order valence-electron chi connectivity index (χ3n) is 25.7. The number of carboxylic acid groups (broad SMARTS) is 2. The molecule has 46 heteroatoms. The molecule has 0 spiro atoms. The van der Waals surface area contributed by atoms with Crippen LogP contribution in [0.4, 0.5) is 0 Å². The first-order valence-electron chi connectivity index (χ1n) is 48.5. The number of amides is 17. The van der Waals surface area contributed by atoms with Crippen molar-refractivity contribution in [3.63, 3.8) is 0 Å². The lowest BCUT2D eigenvalue weighted by Crippen LogP contribution is -2.62. The number of rotatable bonds is 31. The molecule has 0 saturated carbocycles. The number of nitrogens with one attached hydrogen (secondary N) is 12. The lowest BCUT2D eigenvalue weighted by atomic mass is 9.99. The summed E-state index contributed by atoms with van der Waals surface area (Å²) < 4.78 is 1.43. The zero-order valence-corrected chi connectivity index (χ0v) is 83.8. The van der Waals surface area contributed by atoms with Crippen molar-refractivity contribution in [2.24, 2.45) is 34.8 Å². The van der Waals surface area contributed by atoms with Crippen LogP contribution in [0.25, 0.3) is 21.8 Å². The van der Waals surface area contributed by atoms with E-state index in [0.717, 1.165) is 24.5 Å². The summed E-state index contributed by atoms with van der Waals surface area (Å²) in [4.78, 5) is 288. The summed E-state index contributed by atoms with van der Waals surface area (Å²) in [7, 11) is 3.84. The molecule has 786 valence electrons. The van der Waals surface area contributed by atoms with Crippen molar-refractivity contribution in [3.05, 3.63) is 102 Å². The van der Waals surface area contributed by atoms with Gasteiger partial charge >= 0.3 is 11.9 Å². The number of thioether (sulfide) groups is 1. The number of carboxylic acids is 2. The molecule has 3 saturated heterocycles. The number of phenols is 1. The molecule has 5 aromatic rings. The van der Waals surface area contributed by atoms with E-state index in [9.17, 15) is 73.2 Å². The van der Waals surface area contributed by atoms with Crippen LogP contribution in [-0.2, 0) is 117 Å². The summed E-state index contributed by atoms with van der Waals surface area (Å²) in [5.41, 5.74) is 26.4. The predicted molar refractivity (Wildman–Crippen MR) is 531 cm³/mol. The maximum Gasteiger partial charge on any atom is 0.327 e. The van der Waals surface area contributed by atoms with Crippen molar-refractivity contribution in [1.29, 1.82) is 0 Å². The first-order chi connectivity index (χ1) is 68.4. The highest BCUT2D eigenvalue weighted by atomic mass is 32.2. The molecule has 3 aliphatic heterocycles. The highest BCUT2D eigenvalue weighted by molar-refractivity contribution is 8.00. The first kappa shape index (κ1) is 115. The third-order valence-corrected chi connectivity index (χ3v) is 26.7. The van der Waals surface area contributed by atoms with Gasteiger partial charge in [0.05, 0.1) is 18.3 Å². The summed E-state index contributed by atoms with van der Waals surface area (Å²) in [5.74, 6) is -19.3. The highest BCUT2D eigenvalue weighted by Gasteiger charge is 2.47. The number of aliphatic hydroxyl groups excluding tert-OH is 1. The van der Waals surface area contributed by atoms with Gasteiger partial charge in [-0.1, -0.05) is 116 Å². The number of fused-ring (bicyclic) bond motifs is 4. The van der Waals surface area contributed by atoms with E-state index in [-0.39, 0.29) is 102 Å². The number of aliphatic hydroxyl groups is 1. The van der Waals surface area contributed by atoms with Gasteiger partial charge in [-0.2, -0.15) is 0 Å². The van der Waals surface area contributed by atoms with Crippen molar-refractivity contribution < 1.29 is 112 Å². The van der Waals surface area contributed by atoms with E-state index in [2.05, 4.69) is 69.4 Å². The summed E-state index contributed by atoms with van der Waals surface area (Å²) in [5, 5.41) is 71.9. The van der Waals surface area contributed by atoms with Gasteiger partial charge in [0.1, 0.15) is 109 Å². The van der Waals surface area contributed by atoms with Gasteiger partial charge in [0.25, 0.3) is 0 Å². The molecule has 3 fully saturated rings. The van der Waals surface area contributed by atoms with Gasteiger partial charge in [0.2, 0.25) is 100 Å². The first-order valence-corrected chi connectivity index (χ1v) is 49.7. The van der Waals surface area contributed by atoms with E-state index in [0.29, 0.717) is 69.5 Å². The van der Waals surface area contributed by atoms with E-state index in [1.54, 1.807) is 82.4 Å². The Kier molecular flexibility index (Phi) is 44.2. The number of carbonyl (C=O) groups is 19. The van der Waals surface area contributed by atoms with E-state index < -0.39 is 278 Å². The fourth-order valence-electron chi connectivity index (χ4n) is 17.8. The Labute approximate surface area is 839 Å². The van der Waals surface area contributed by atoms with Crippen molar-refractivity contribution in [3.8, 4) is 18.1 Å². The molecule has 45 nitrogen and oxygen atoms in total. The number of nitrogens with zero attached hydrogens (tertiary/aromatic N) is 6. The second-order valence-corrected chi connectivity index (χ2v) is 38.6. The monoisotopic (exact) mass is 2030 g/mol. The van der Waals surface area contributed by atoms with Crippen molar-refractivity contribution >= 4 is 146 Å². The molecule has 8 rings (SSSR count).